The molecule has 4 nitrogen and oxygen atoms in total. The van der Waals surface area contributed by atoms with E-state index in [4.69, 9.17) is 22.1 Å². The minimum Gasteiger partial charge on any atom is -0.458 e. The minimum atomic E-state index is -0.835. The quantitative estimate of drug-likeness (QED) is 0.657. The lowest BCUT2D eigenvalue weighted by Crippen LogP contribution is -2.14. The van der Waals surface area contributed by atoms with Gasteiger partial charge in [-0.25, -0.2) is 14.2 Å². The summed E-state index contributed by atoms with van der Waals surface area (Å²) in [4.78, 5) is 14.9. The number of carbonyl (C=O) groups excluding carboxylic acids is 1. The van der Waals surface area contributed by atoms with Crippen LogP contribution in [0.4, 0.5) is 10.1 Å². The Balaban J connectivity index is 0.00000121. The third kappa shape index (κ3) is 4.56. The number of pyridine rings is 1. The van der Waals surface area contributed by atoms with Crippen LogP contribution in [0.25, 0.3) is 0 Å². The highest BCUT2D eigenvalue weighted by Gasteiger charge is 2.15. The van der Waals surface area contributed by atoms with Gasteiger partial charge in [-0.3, -0.25) is 0 Å². The second-order valence-corrected chi connectivity index (χ2v) is 3.51. The first-order chi connectivity index (χ1) is 7.91. The topological polar surface area (TPSA) is 65.2 Å². The molecule has 2 N–H and O–H groups in total. The lowest BCUT2D eigenvalue weighted by molar-refractivity contribution is 0.0371. The van der Waals surface area contributed by atoms with Crippen LogP contribution in [0.15, 0.2) is 6.07 Å². The van der Waals surface area contributed by atoms with Crippen molar-refractivity contribution < 1.29 is 13.9 Å². The van der Waals surface area contributed by atoms with Crippen LogP contribution in [0.5, 0.6) is 0 Å². The number of anilines is 1. The number of nitrogens with zero attached hydrogens (tertiary/aromatic N) is 1. The van der Waals surface area contributed by atoms with Gasteiger partial charge in [0.2, 0.25) is 0 Å². The fourth-order valence-electron chi connectivity index (χ4n) is 0.896. The van der Waals surface area contributed by atoms with Crippen molar-refractivity contribution in [3.63, 3.8) is 0 Å². The zero-order valence-corrected chi connectivity index (χ0v) is 11.0. The third-order valence-electron chi connectivity index (χ3n) is 1.50. The van der Waals surface area contributed by atoms with Crippen molar-refractivity contribution in [2.75, 3.05) is 5.73 Å². The maximum absolute atomic E-state index is 13.0. The Kier molecular flexibility index (Phi) is 6.50. The Morgan fingerprint density at radius 2 is 2.06 bits per heavy atom. The molecule has 1 aromatic heterocycles. The molecule has 0 saturated heterocycles. The van der Waals surface area contributed by atoms with Crippen molar-refractivity contribution in [1.82, 2.24) is 4.98 Å². The number of nitrogen functional groups attached to an aromatic ring is 1. The summed E-state index contributed by atoms with van der Waals surface area (Å²) in [5.74, 6) is -1.52. The van der Waals surface area contributed by atoms with E-state index in [2.05, 4.69) is 4.98 Å². The van der Waals surface area contributed by atoms with Crippen molar-refractivity contribution in [2.24, 2.45) is 0 Å². The van der Waals surface area contributed by atoms with Gasteiger partial charge in [0.1, 0.15) is 0 Å². The summed E-state index contributed by atoms with van der Waals surface area (Å²) in [6, 6.07) is 1.09. The maximum atomic E-state index is 13.0. The molecule has 0 aliphatic carbocycles. The number of esters is 1. The number of hydrogen-bond donors (Lipinski definition) is 1. The standard InChI is InChI=1S/C9H10ClFN2O2.C2H6/c1-4(2)15-9(14)6-3-5(12)7(11)8(10)13-6;1-2/h3-4H,1-2H3,(H2,12,13);1-2H3. The molecule has 0 atom stereocenters. The van der Waals surface area contributed by atoms with E-state index in [-0.39, 0.29) is 17.5 Å². The molecule has 0 aromatic carbocycles. The Labute approximate surface area is 105 Å². The van der Waals surface area contributed by atoms with Gasteiger partial charge in [-0.2, -0.15) is 0 Å². The number of rotatable bonds is 2. The lowest BCUT2D eigenvalue weighted by atomic mass is 10.3. The highest BCUT2D eigenvalue weighted by atomic mass is 35.5. The van der Waals surface area contributed by atoms with Gasteiger partial charge in [0.25, 0.3) is 0 Å². The first-order valence-electron chi connectivity index (χ1n) is 5.24. The van der Waals surface area contributed by atoms with Gasteiger partial charge < -0.3 is 10.5 Å². The Hall–Kier alpha value is -1.36. The molecule has 0 unspecified atom stereocenters. The van der Waals surface area contributed by atoms with Crippen LogP contribution in [0, 0.1) is 5.82 Å². The first-order valence-corrected chi connectivity index (χ1v) is 5.62. The highest BCUT2D eigenvalue weighted by molar-refractivity contribution is 6.30. The Morgan fingerprint density at radius 3 is 2.47 bits per heavy atom. The van der Waals surface area contributed by atoms with Gasteiger partial charge in [0.05, 0.1) is 11.8 Å². The molecule has 17 heavy (non-hydrogen) atoms. The van der Waals surface area contributed by atoms with E-state index < -0.39 is 16.9 Å². The molecular weight excluding hydrogens is 247 g/mol. The molecule has 6 heteroatoms. The monoisotopic (exact) mass is 262 g/mol. The van der Waals surface area contributed by atoms with Crippen molar-refractivity contribution in [2.45, 2.75) is 33.8 Å². The maximum Gasteiger partial charge on any atom is 0.357 e. The molecule has 0 amide bonds. The molecule has 1 heterocycles. The van der Waals surface area contributed by atoms with Gasteiger partial charge in [0, 0.05) is 0 Å². The summed E-state index contributed by atoms with van der Waals surface area (Å²) in [5.41, 5.74) is 4.95. The van der Waals surface area contributed by atoms with Crippen LogP contribution in [-0.2, 0) is 4.74 Å². The minimum absolute atomic E-state index is 0.104. The Bertz CT molecular complexity index is 374. The first kappa shape index (κ1) is 15.6. The zero-order valence-electron chi connectivity index (χ0n) is 10.3. The SMILES string of the molecule is CC.CC(C)OC(=O)c1cc(N)c(F)c(Cl)n1. The normalized spacial score (nSPS) is 9.59. The second kappa shape index (κ2) is 7.06. The average molecular weight is 263 g/mol. The molecule has 0 fully saturated rings. The van der Waals surface area contributed by atoms with Crippen LogP contribution in [0.2, 0.25) is 5.15 Å². The lowest BCUT2D eigenvalue weighted by Gasteiger charge is -2.08. The summed E-state index contributed by atoms with van der Waals surface area (Å²) in [6.45, 7) is 7.37. The fourth-order valence-corrected chi connectivity index (χ4v) is 1.10. The van der Waals surface area contributed by atoms with Gasteiger partial charge >= 0.3 is 5.97 Å². The van der Waals surface area contributed by atoms with Crippen molar-refractivity contribution in [3.05, 3.63) is 22.7 Å². The number of carbonyl (C=O) groups is 1. The molecule has 0 radical (unpaired) electrons. The molecule has 0 saturated carbocycles. The van der Waals surface area contributed by atoms with Gasteiger partial charge in [-0.15, -0.1) is 0 Å². The second-order valence-electron chi connectivity index (χ2n) is 3.16. The molecule has 0 aliphatic rings. The molecular formula is C11H16ClFN2O2. The molecule has 0 spiro atoms. The number of hydrogen-bond acceptors (Lipinski definition) is 4. The van der Waals surface area contributed by atoms with Crippen LogP contribution in [0.3, 0.4) is 0 Å². The van der Waals surface area contributed by atoms with Gasteiger partial charge in [-0.05, 0) is 19.9 Å². The molecule has 96 valence electrons. The van der Waals surface area contributed by atoms with Crippen molar-refractivity contribution >= 4 is 23.3 Å². The van der Waals surface area contributed by atoms with Crippen molar-refractivity contribution in [3.8, 4) is 0 Å². The van der Waals surface area contributed by atoms with E-state index in [9.17, 15) is 9.18 Å². The van der Waals surface area contributed by atoms with E-state index >= 15 is 0 Å². The van der Waals surface area contributed by atoms with E-state index in [1.165, 1.54) is 0 Å². The largest absolute Gasteiger partial charge is 0.458 e. The summed E-state index contributed by atoms with van der Waals surface area (Å²) in [5, 5.41) is -0.439. The summed E-state index contributed by atoms with van der Waals surface area (Å²) in [7, 11) is 0. The molecule has 1 rings (SSSR count). The molecule has 0 bridgehead atoms. The predicted octanol–water partition coefficient (Wildman–Crippen LogP) is 3.05. The van der Waals surface area contributed by atoms with Crippen LogP contribution < -0.4 is 5.73 Å². The smallest absolute Gasteiger partial charge is 0.357 e. The summed E-state index contributed by atoms with van der Waals surface area (Å²) < 4.78 is 17.8. The molecule has 1 aromatic rings. The predicted molar refractivity (Wildman–Crippen MR) is 65.5 cm³/mol. The zero-order chi connectivity index (χ0) is 13.6. The number of halogens is 2. The van der Waals surface area contributed by atoms with Crippen LogP contribution >= 0.6 is 11.6 Å². The number of aromatic nitrogens is 1. The van der Waals surface area contributed by atoms with E-state index in [0.29, 0.717) is 0 Å². The summed E-state index contributed by atoms with van der Waals surface area (Å²) in [6.07, 6.45) is -0.288. The summed E-state index contributed by atoms with van der Waals surface area (Å²) >= 11 is 5.43. The fraction of sp³-hybridized carbons (Fsp3) is 0.455. The Morgan fingerprint density at radius 1 is 1.53 bits per heavy atom. The van der Waals surface area contributed by atoms with Crippen molar-refractivity contribution in [1.29, 1.82) is 0 Å². The third-order valence-corrected chi connectivity index (χ3v) is 1.75. The van der Waals surface area contributed by atoms with Crippen LogP contribution in [-0.4, -0.2) is 17.1 Å². The van der Waals surface area contributed by atoms with E-state index in [0.717, 1.165) is 6.07 Å². The van der Waals surface area contributed by atoms with Gasteiger partial charge in [0.15, 0.2) is 16.7 Å². The number of nitrogens with two attached hydrogens (primary N) is 1. The van der Waals surface area contributed by atoms with E-state index in [1.54, 1.807) is 13.8 Å². The molecule has 0 aliphatic heterocycles. The van der Waals surface area contributed by atoms with E-state index in [1.807, 2.05) is 13.8 Å². The highest BCUT2D eigenvalue weighted by Crippen LogP contribution is 2.19. The van der Waals surface area contributed by atoms with Crippen LogP contribution in [0.1, 0.15) is 38.2 Å². The number of ether oxygens (including phenoxy) is 1. The van der Waals surface area contributed by atoms with Gasteiger partial charge in [-0.1, -0.05) is 25.4 Å². The average Bonchev–Trinajstić information content (AvgIpc) is 2.27.